The van der Waals surface area contributed by atoms with E-state index in [4.69, 9.17) is 21.4 Å². The smallest absolute Gasteiger partial charge is 0.309 e. The fourth-order valence-corrected chi connectivity index (χ4v) is 1.68. The SMILES string of the molecule is COc1cc(F)c(CC(C)(C)C(=O)O)cc1Cl. The maximum absolute atomic E-state index is 13.7. The van der Waals surface area contributed by atoms with Crippen LogP contribution in [0.25, 0.3) is 0 Å². The molecule has 0 heterocycles. The molecule has 17 heavy (non-hydrogen) atoms. The van der Waals surface area contributed by atoms with Crippen molar-refractivity contribution in [3.8, 4) is 5.75 Å². The number of carbonyl (C=O) groups is 1. The van der Waals surface area contributed by atoms with Gasteiger partial charge in [0.15, 0.2) is 0 Å². The molecule has 1 rings (SSSR count). The third kappa shape index (κ3) is 3.09. The number of halogens is 2. The van der Waals surface area contributed by atoms with E-state index in [1.807, 2.05) is 0 Å². The van der Waals surface area contributed by atoms with Gasteiger partial charge in [-0.15, -0.1) is 0 Å². The van der Waals surface area contributed by atoms with Crippen LogP contribution < -0.4 is 4.74 Å². The molecule has 0 bridgehead atoms. The predicted octanol–water partition coefficient (Wildman–Crippen LogP) is 3.14. The topological polar surface area (TPSA) is 46.5 Å². The zero-order valence-corrected chi connectivity index (χ0v) is 10.6. The maximum atomic E-state index is 13.7. The first kappa shape index (κ1) is 13.8. The summed E-state index contributed by atoms with van der Waals surface area (Å²) in [5, 5.41) is 9.25. The van der Waals surface area contributed by atoms with Crippen LogP contribution in [0.2, 0.25) is 5.02 Å². The third-order valence-electron chi connectivity index (χ3n) is 2.53. The van der Waals surface area contributed by atoms with Gasteiger partial charge in [-0.25, -0.2) is 4.39 Å². The molecule has 1 N–H and O–H groups in total. The van der Waals surface area contributed by atoms with Crippen molar-refractivity contribution in [2.24, 2.45) is 5.41 Å². The summed E-state index contributed by atoms with van der Waals surface area (Å²) in [5.41, 5.74) is -0.776. The summed E-state index contributed by atoms with van der Waals surface area (Å²) in [6, 6.07) is 2.57. The van der Waals surface area contributed by atoms with Crippen LogP contribution in [0.3, 0.4) is 0 Å². The van der Waals surface area contributed by atoms with Crippen LogP contribution >= 0.6 is 11.6 Å². The van der Waals surface area contributed by atoms with Crippen molar-refractivity contribution in [1.82, 2.24) is 0 Å². The molecule has 3 nitrogen and oxygen atoms in total. The number of carboxylic acid groups (broad SMARTS) is 1. The first-order chi connectivity index (χ1) is 7.77. The molecule has 0 saturated heterocycles. The number of hydrogen-bond acceptors (Lipinski definition) is 2. The number of methoxy groups -OCH3 is 1. The lowest BCUT2D eigenvalue weighted by Crippen LogP contribution is -2.26. The lowest BCUT2D eigenvalue weighted by Gasteiger charge is -2.19. The van der Waals surface area contributed by atoms with E-state index < -0.39 is 17.2 Å². The van der Waals surface area contributed by atoms with Crippen LogP contribution in [-0.2, 0) is 11.2 Å². The first-order valence-corrected chi connectivity index (χ1v) is 5.41. The van der Waals surface area contributed by atoms with Gasteiger partial charge in [-0.1, -0.05) is 11.6 Å². The molecule has 1 aromatic carbocycles. The van der Waals surface area contributed by atoms with Crippen LogP contribution in [0, 0.1) is 11.2 Å². The second kappa shape index (κ2) is 4.92. The Hall–Kier alpha value is -1.29. The van der Waals surface area contributed by atoms with E-state index in [0.717, 1.165) is 6.07 Å². The van der Waals surface area contributed by atoms with Crippen LogP contribution in [0.5, 0.6) is 5.75 Å². The number of carboxylic acids is 1. The molecule has 0 unspecified atom stereocenters. The maximum Gasteiger partial charge on any atom is 0.309 e. The van der Waals surface area contributed by atoms with Crippen LogP contribution in [-0.4, -0.2) is 18.2 Å². The molecule has 0 aliphatic carbocycles. The van der Waals surface area contributed by atoms with Crippen LogP contribution in [0.4, 0.5) is 4.39 Å². The van der Waals surface area contributed by atoms with Gasteiger partial charge in [0.25, 0.3) is 0 Å². The number of rotatable bonds is 4. The molecule has 0 radical (unpaired) electrons. The molecule has 0 aliphatic heterocycles. The van der Waals surface area contributed by atoms with E-state index >= 15 is 0 Å². The molecule has 0 amide bonds. The van der Waals surface area contributed by atoms with Crippen molar-refractivity contribution < 1.29 is 19.0 Å². The van der Waals surface area contributed by atoms with E-state index in [-0.39, 0.29) is 22.8 Å². The van der Waals surface area contributed by atoms with E-state index in [1.54, 1.807) is 0 Å². The standard InChI is InChI=1S/C12H14ClFO3/c1-12(2,11(15)16)6-7-4-8(13)10(17-3)5-9(7)14/h4-5H,6H2,1-3H3,(H,15,16). The Morgan fingerprint density at radius 3 is 2.59 bits per heavy atom. The molecule has 1 aromatic rings. The molecule has 0 aliphatic rings. The molecule has 94 valence electrons. The van der Waals surface area contributed by atoms with Gasteiger partial charge in [-0.05, 0) is 31.9 Å². The van der Waals surface area contributed by atoms with Crippen molar-refractivity contribution in [2.75, 3.05) is 7.11 Å². The lowest BCUT2D eigenvalue weighted by atomic mass is 9.86. The molecular weight excluding hydrogens is 247 g/mol. The highest BCUT2D eigenvalue weighted by Gasteiger charge is 2.29. The summed E-state index contributed by atoms with van der Waals surface area (Å²) < 4.78 is 18.5. The predicted molar refractivity (Wildman–Crippen MR) is 63.1 cm³/mol. The molecule has 0 saturated carbocycles. The molecule has 0 atom stereocenters. The molecular formula is C12H14ClFO3. The van der Waals surface area contributed by atoms with Crippen LogP contribution in [0.1, 0.15) is 19.4 Å². The van der Waals surface area contributed by atoms with Crippen molar-refractivity contribution in [1.29, 1.82) is 0 Å². The molecule has 0 aromatic heterocycles. The van der Waals surface area contributed by atoms with E-state index in [1.165, 1.54) is 27.0 Å². The Balaban J connectivity index is 3.08. The van der Waals surface area contributed by atoms with E-state index in [0.29, 0.717) is 0 Å². The minimum absolute atomic E-state index is 0.0673. The zero-order chi connectivity index (χ0) is 13.2. The summed E-state index contributed by atoms with van der Waals surface area (Å²) in [7, 11) is 1.39. The summed E-state index contributed by atoms with van der Waals surface area (Å²) >= 11 is 5.87. The highest BCUT2D eigenvalue weighted by molar-refractivity contribution is 6.32. The van der Waals surface area contributed by atoms with E-state index in [9.17, 15) is 9.18 Å². The van der Waals surface area contributed by atoms with Gasteiger partial charge >= 0.3 is 5.97 Å². The van der Waals surface area contributed by atoms with Crippen molar-refractivity contribution in [3.05, 3.63) is 28.5 Å². The monoisotopic (exact) mass is 260 g/mol. The Morgan fingerprint density at radius 1 is 1.53 bits per heavy atom. The zero-order valence-electron chi connectivity index (χ0n) is 9.88. The number of ether oxygens (including phenoxy) is 1. The quantitative estimate of drug-likeness (QED) is 0.905. The summed E-state index contributed by atoms with van der Waals surface area (Å²) in [5.74, 6) is -1.26. The second-order valence-electron chi connectivity index (χ2n) is 4.44. The second-order valence-corrected chi connectivity index (χ2v) is 4.85. The minimum Gasteiger partial charge on any atom is -0.495 e. The highest BCUT2D eigenvalue weighted by Crippen LogP contribution is 2.31. The van der Waals surface area contributed by atoms with Crippen molar-refractivity contribution >= 4 is 17.6 Å². The Morgan fingerprint density at radius 2 is 2.12 bits per heavy atom. The lowest BCUT2D eigenvalue weighted by molar-refractivity contribution is -0.146. The Bertz CT molecular complexity index is 444. The molecule has 0 fully saturated rings. The van der Waals surface area contributed by atoms with Gasteiger partial charge in [0, 0.05) is 6.07 Å². The normalized spacial score (nSPS) is 11.4. The Kier molecular flexibility index (Phi) is 3.98. The minimum atomic E-state index is -1.04. The fourth-order valence-electron chi connectivity index (χ4n) is 1.41. The number of hydrogen-bond donors (Lipinski definition) is 1. The average Bonchev–Trinajstić information content (AvgIpc) is 2.22. The Labute approximate surface area is 104 Å². The highest BCUT2D eigenvalue weighted by atomic mass is 35.5. The molecule has 0 spiro atoms. The summed E-state index contributed by atoms with van der Waals surface area (Å²) in [4.78, 5) is 11.0. The number of benzene rings is 1. The van der Waals surface area contributed by atoms with E-state index in [2.05, 4.69) is 0 Å². The largest absolute Gasteiger partial charge is 0.495 e. The number of aliphatic carboxylic acids is 1. The average molecular weight is 261 g/mol. The van der Waals surface area contributed by atoms with Crippen LogP contribution in [0.15, 0.2) is 12.1 Å². The van der Waals surface area contributed by atoms with Crippen molar-refractivity contribution in [2.45, 2.75) is 20.3 Å². The van der Waals surface area contributed by atoms with Gasteiger partial charge < -0.3 is 9.84 Å². The van der Waals surface area contributed by atoms with Gasteiger partial charge in [0.1, 0.15) is 11.6 Å². The summed E-state index contributed by atoms with van der Waals surface area (Å²) in [6.45, 7) is 3.07. The van der Waals surface area contributed by atoms with Gasteiger partial charge in [0.05, 0.1) is 17.5 Å². The van der Waals surface area contributed by atoms with Gasteiger partial charge in [-0.2, -0.15) is 0 Å². The fraction of sp³-hybridized carbons (Fsp3) is 0.417. The van der Waals surface area contributed by atoms with Crippen molar-refractivity contribution in [3.63, 3.8) is 0 Å². The first-order valence-electron chi connectivity index (χ1n) is 5.03. The van der Waals surface area contributed by atoms with Gasteiger partial charge in [-0.3, -0.25) is 4.79 Å². The third-order valence-corrected chi connectivity index (χ3v) is 2.83. The molecule has 5 heteroatoms. The van der Waals surface area contributed by atoms with Gasteiger partial charge in [0.2, 0.25) is 0 Å². The summed E-state index contributed by atoms with van der Waals surface area (Å²) in [6.07, 6.45) is 0.0673.